The molecule has 0 bridgehead atoms. The summed E-state index contributed by atoms with van der Waals surface area (Å²) in [5, 5.41) is 8.90. The lowest BCUT2D eigenvalue weighted by molar-refractivity contribution is 0.108. The minimum absolute atomic E-state index is 0.00448. The molecule has 14 heavy (non-hydrogen) atoms. The first-order valence-corrected chi connectivity index (χ1v) is 4.97. The molecule has 4 heteroatoms. The van der Waals surface area contributed by atoms with Gasteiger partial charge in [0.25, 0.3) is 0 Å². The Kier molecular flexibility index (Phi) is 2.56. The van der Waals surface area contributed by atoms with Gasteiger partial charge in [0.1, 0.15) is 0 Å². The predicted octanol–water partition coefficient (Wildman–Crippen LogP) is 0.971. The Morgan fingerprint density at radius 2 is 2.43 bits per heavy atom. The average Bonchev–Trinajstić information content (AvgIpc) is 2.75. The highest BCUT2D eigenvalue weighted by Crippen LogP contribution is 2.30. The van der Waals surface area contributed by atoms with E-state index in [-0.39, 0.29) is 6.61 Å². The summed E-state index contributed by atoms with van der Waals surface area (Å²) in [6.45, 7) is 5.02. The monoisotopic (exact) mass is 196 g/mol. The number of aromatic nitrogens is 2. The molecule has 1 aromatic heterocycles. The van der Waals surface area contributed by atoms with Crippen molar-refractivity contribution >= 4 is 0 Å². The second-order valence-corrected chi connectivity index (χ2v) is 3.94. The van der Waals surface area contributed by atoms with Crippen LogP contribution in [0.5, 0.6) is 0 Å². The summed E-state index contributed by atoms with van der Waals surface area (Å²) in [7, 11) is 0. The molecular weight excluding hydrogens is 180 g/mol. The highest BCUT2D eigenvalue weighted by Gasteiger charge is 2.31. The highest BCUT2D eigenvalue weighted by molar-refractivity contribution is 4.98. The van der Waals surface area contributed by atoms with Crippen molar-refractivity contribution in [2.75, 3.05) is 6.61 Å². The number of hydrogen-bond acceptors (Lipinski definition) is 3. The SMILES string of the molecule is CC1OCC(n2cnc(CO)c2)C1C. The van der Waals surface area contributed by atoms with E-state index in [1.165, 1.54) is 0 Å². The first kappa shape index (κ1) is 9.68. The van der Waals surface area contributed by atoms with Crippen LogP contribution in [0.3, 0.4) is 0 Å². The third-order valence-electron chi connectivity index (χ3n) is 3.08. The van der Waals surface area contributed by atoms with Gasteiger partial charge in [-0.2, -0.15) is 0 Å². The summed E-state index contributed by atoms with van der Waals surface area (Å²) in [4.78, 5) is 4.10. The van der Waals surface area contributed by atoms with E-state index >= 15 is 0 Å². The highest BCUT2D eigenvalue weighted by atomic mass is 16.5. The number of nitrogens with zero attached hydrogens (tertiary/aromatic N) is 2. The van der Waals surface area contributed by atoms with Gasteiger partial charge >= 0.3 is 0 Å². The van der Waals surface area contributed by atoms with Crippen molar-refractivity contribution in [2.45, 2.75) is 32.6 Å². The molecule has 0 saturated carbocycles. The van der Waals surface area contributed by atoms with Crippen LogP contribution in [0.2, 0.25) is 0 Å². The van der Waals surface area contributed by atoms with Crippen LogP contribution in [0, 0.1) is 5.92 Å². The van der Waals surface area contributed by atoms with Crippen LogP contribution in [-0.4, -0.2) is 27.4 Å². The summed E-state index contributed by atoms with van der Waals surface area (Å²) in [5.41, 5.74) is 0.719. The fourth-order valence-electron chi connectivity index (χ4n) is 1.87. The van der Waals surface area contributed by atoms with Crippen molar-refractivity contribution in [1.82, 2.24) is 9.55 Å². The molecule has 1 fully saturated rings. The van der Waals surface area contributed by atoms with Gasteiger partial charge in [-0.05, 0) is 6.92 Å². The largest absolute Gasteiger partial charge is 0.390 e. The van der Waals surface area contributed by atoms with Gasteiger partial charge in [-0.1, -0.05) is 6.92 Å². The Balaban J connectivity index is 2.15. The van der Waals surface area contributed by atoms with Gasteiger partial charge < -0.3 is 14.4 Å². The molecule has 2 rings (SSSR count). The quantitative estimate of drug-likeness (QED) is 0.766. The third kappa shape index (κ3) is 1.55. The molecule has 0 aromatic carbocycles. The first-order valence-electron chi connectivity index (χ1n) is 4.97. The lowest BCUT2D eigenvalue weighted by Gasteiger charge is -2.16. The molecule has 1 saturated heterocycles. The standard InChI is InChI=1S/C10H16N2O2/c1-7-8(2)14-5-10(7)12-3-9(4-13)11-6-12/h3,6-8,10,13H,4-5H2,1-2H3. The zero-order valence-electron chi connectivity index (χ0n) is 8.55. The first-order chi connectivity index (χ1) is 6.72. The number of hydrogen-bond donors (Lipinski definition) is 1. The molecule has 4 nitrogen and oxygen atoms in total. The molecule has 1 aliphatic heterocycles. The van der Waals surface area contributed by atoms with Crippen LogP contribution in [0.15, 0.2) is 12.5 Å². The summed E-state index contributed by atoms with van der Waals surface area (Å²) >= 11 is 0. The van der Waals surface area contributed by atoms with Crippen LogP contribution >= 0.6 is 0 Å². The Labute approximate surface area is 83.5 Å². The molecule has 0 spiro atoms. The number of ether oxygens (including phenoxy) is 1. The Morgan fingerprint density at radius 1 is 1.64 bits per heavy atom. The zero-order chi connectivity index (χ0) is 10.1. The van der Waals surface area contributed by atoms with Gasteiger partial charge in [-0.3, -0.25) is 0 Å². The minimum Gasteiger partial charge on any atom is -0.390 e. The predicted molar refractivity (Wildman–Crippen MR) is 51.8 cm³/mol. The molecule has 0 aliphatic carbocycles. The number of aliphatic hydroxyl groups excluding tert-OH is 1. The van der Waals surface area contributed by atoms with Crippen molar-refractivity contribution in [2.24, 2.45) is 5.92 Å². The fourth-order valence-corrected chi connectivity index (χ4v) is 1.87. The molecule has 2 heterocycles. The molecule has 3 atom stereocenters. The Morgan fingerprint density at radius 3 is 2.93 bits per heavy atom. The topological polar surface area (TPSA) is 47.3 Å². The normalized spacial score (nSPS) is 32.4. The Bertz CT molecular complexity index is 311. The van der Waals surface area contributed by atoms with Gasteiger partial charge in [0.2, 0.25) is 0 Å². The molecule has 0 radical (unpaired) electrons. The maximum Gasteiger partial charge on any atom is 0.0953 e. The smallest absolute Gasteiger partial charge is 0.0953 e. The minimum atomic E-state index is 0.00448. The summed E-state index contributed by atoms with van der Waals surface area (Å²) < 4.78 is 7.61. The molecule has 3 unspecified atom stereocenters. The van der Waals surface area contributed by atoms with E-state index in [1.807, 2.05) is 10.8 Å². The van der Waals surface area contributed by atoms with E-state index in [1.54, 1.807) is 6.33 Å². The van der Waals surface area contributed by atoms with E-state index < -0.39 is 0 Å². The van der Waals surface area contributed by atoms with E-state index in [9.17, 15) is 0 Å². The van der Waals surface area contributed by atoms with Crippen LogP contribution in [0.1, 0.15) is 25.6 Å². The lowest BCUT2D eigenvalue weighted by Crippen LogP contribution is -2.17. The van der Waals surface area contributed by atoms with Crippen molar-refractivity contribution < 1.29 is 9.84 Å². The maximum atomic E-state index is 8.90. The second kappa shape index (κ2) is 3.71. The molecule has 1 aromatic rings. The van der Waals surface area contributed by atoms with E-state index in [2.05, 4.69) is 18.8 Å². The van der Waals surface area contributed by atoms with Crippen LogP contribution in [-0.2, 0) is 11.3 Å². The molecule has 0 amide bonds. The van der Waals surface area contributed by atoms with Crippen LogP contribution < -0.4 is 0 Å². The van der Waals surface area contributed by atoms with Crippen molar-refractivity contribution in [3.05, 3.63) is 18.2 Å². The van der Waals surface area contributed by atoms with E-state index in [4.69, 9.17) is 9.84 Å². The zero-order valence-corrected chi connectivity index (χ0v) is 8.55. The van der Waals surface area contributed by atoms with Crippen molar-refractivity contribution in [3.8, 4) is 0 Å². The Hall–Kier alpha value is -0.870. The number of imidazole rings is 1. The molecular formula is C10H16N2O2. The summed E-state index contributed by atoms with van der Waals surface area (Å²) in [6, 6.07) is 0.359. The maximum absolute atomic E-state index is 8.90. The molecule has 1 aliphatic rings. The van der Waals surface area contributed by atoms with Crippen LogP contribution in [0.4, 0.5) is 0 Å². The van der Waals surface area contributed by atoms with E-state index in [0.29, 0.717) is 18.1 Å². The summed E-state index contributed by atoms with van der Waals surface area (Å²) in [5.74, 6) is 0.496. The van der Waals surface area contributed by atoms with Crippen molar-refractivity contribution in [3.63, 3.8) is 0 Å². The van der Waals surface area contributed by atoms with E-state index in [0.717, 1.165) is 12.3 Å². The van der Waals surface area contributed by atoms with Crippen LogP contribution in [0.25, 0.3) is 0 Å². The average molecular weight is 196 g/mol. The second-order valence-electron chi connectivity index (χ2n) is 3.94. The molecule has 78 valence electrons. The van der Waals surface area contributed by atoms with Gasteiger partial charge in [-0.25, -0.2) is 4.98 Å². The fraction of sp³-hybridized carbons (Fsp3) is 0.700. The van der Waals surface area contributed by atoms with Gasteiger partial charge in [0.15, 0.2) is 0 Å². The van der Waals surface area contributed by atoms with Gasteiger partial charge in [-0.15, -0.1) is 0 Å². The molecule has 1 N–H and O–H groups in total. The van der Waals surface area contributed by atoms with Crippen molar-refractivity contribution in [1.29, 1.82) is 0 Å². The van der Waals surface area contributed by atoms with Gasteiger partial charge in [0, 0.05) is 12.1 Å². The third-order valence-corrected chi connectivity index (χ3v) is 3.08. The number of rotatable bonds is 2. The number of aliphatic hydroxyl groups is 1. The summed E-state index contributed by atoms with van der Waals surface area (Å²) in [6.07, 6.45) is 3.97. The lowest BCUT2D eigenvalue weighted by atomic mass is 10.0. The van der Waals surface area contributed by atoms with Gasteiger partial charge in [0.05, 0.1) is 37.4 Å².